The average molecular weight is 266 g/mol. The first kappa shape index (κ1) is 12.2. The Morgan fingerprint density at radius 2 is 2.11 bits per heavy atom. The topological polar surface area (TPSA) is 86.2 Å². The predicted molar refractivity (Wildman–Crippen MR) is 67.1 cm³/mol. The molecule has 0 aliphatic rings. The van der Waals surface area contributed by atoms with Crippen molar-refractivity contribution in [3.63, 3.8) is 0 Å². The molecule has 0 fully saturated rings. The Kier molecular flexibility index (Phi) is 3.38. The van der Waals surface area contributed by atoms with E-state index in [-0.39, 0.29) is 11.9 Å². The monoisotopic (exact) mass is 266 g/mol. The van der Waals surface area contributed by atoms with Gasteiger partial charge in [0.15, 0.2) is 10.8 Å². The molecule has 0 spiro atoms. The van der Waals surface area contributed by atoms with E-state index in [4.69, 9.17) is 9.47 Å². The Balaban J connectivity index is 2.49. The smallest absolute Gasteiger partial charge is 0.321 e. The Hall–Kier alpha value is -2.22. The number of hydrogen-bond acceptors (Lipinski definition) is 7. The molecule has 0 saturated heterocycles. The minimum absolute atomic E-state index is 0.159. The van der Waals surface area contributed by atoms with Crippen molar-refractivity contribution in [3.05, 3.63) is 12.7 Å². The number of carbonyl (C=O) groups excluding carboxylic acids is 1. The standard InChI is InChI=1S/C10H10N4O3S/c1-4-5(15)11-10-13-7-6(18-10)8(16-2)14-9(12-7)17-3/h4H,1H2,2-3H3,(H,11,12,13,14,15). The molecule has 0 saturated carbocycles. The number of anilines is 1. The second kappa shape index (κ2) is 4.96. The van der Waals surface area contributed by atoms with E-state index in [1.807, 2.05) is 0 Å². The molecule has 0 aliphatic carbocycles. The highest BCUT2D eigenvalue weighted by molar-refractivity contribution is 7.22. The van der Waals surface area contributed by atoms with Crippen LogP contribution in [0.2, 0.25) is 0 Å². The molecule has 8 heteroatoms. The first-order chi connectivity index (χ1) is 8.67. The van der Waals surface area contributed by atoms with Gasteiger partial charge in [-0.15, -0.1) is 0 Å². The third-order valence-electron chi connectivity index (χ3n) is 1.99. The molecule has 1 N–H and O–H groups in total. The lowest BCUT2D eigenvalue weighted by molar-refractivity contribution is -0.111. The van der Waals surface area contributed by atoms with Gasteiger partial charge in [0.2, 0.25) is 11.8 Å². The number of rotatable bonds is 4. The summed E-state index contributed by atoms with van der Waals surface area (Å²) in [6, 6.07) is 0.159. The van der Waals surface area contributed by atoms with E-state index in [2.05, 4.69) is 26.8 Å². The summed E-state index contributed by atoms with van der Waals surface area (Å²) in [4.78, 5) is 23.4. The molecule has 0 unspecified atom stereocenters. The number of hydrogen-bond donors (Lipinski definition) is 1. The molecule has 2 rings (SSSR count). The van der Waals surface area contributed by atoms with Crippen molar-refractivity contribution in [2.45, 2.75) is 0 Å². The highest BCUT2D eigenvalue weighted by Crippen LogP contribution is 2.32. The largest absolute Gasteiger partial charge is 0.480 e. The van der Waals surface area contributed by atoms with E-state index in [1.165, 1.54) is 25.6 Å². The van der Waals surface area contributed by atoms with Gasteiger partial charge in [0.1, 0.15) is 4.70 Å². The summed E-state index contributed by atoms with van der Waals surface area (Å²) in [5.74, 6) is 0.0152. The van der Waals surface area contributed by atoms with Crippen LogP contribution in [-0.2, 0) is 4.79 Å². The third kappa shape index (κ3) is 2.23. The van der Waals surface area contributed by atoms with Crippen LogP contribution in [0.25, 0.3) is 10.3 Å². The van der Waals surface area contributed by atoms with Gasteiger partial charge in [0, 0.05) is 0 Å². The van der Waals surface area contributed by atoms with E-state index < -0.39 is 0 Å². The van der Waals surface area contributed by atoms with Crippen molar-refractivity contribution < 1.29 is 14.3 Å². The van der Waals surface area contributed by atoms with Crippen LogP contribution < -0.4 is 14.8 Å². The molecule has 94 valence electrons. The fourth-order valence-corrected chi connectivity index (χ4v) is 2.10. The van der Waals surface area contributed by atoms with Crippen LogP contribution in [0, 0.1) is 0 Å². The van der Waals surface area contributed by atoms with E-state index in [9.17, 15) is 4.79 Å². The van der Waals surface area contributed by atoms with Crippen LogP contribution in [0.5, 0.6) is 11.9 Å². The zero-order chi connectivity index (χ0) is 13.1. The molecule has 1 amide bonds. The van der Waals surface area contributed by atoms with Crippen LogP contribution in [-0.4, -0.2) is 35.1 Å². The molecule has 7 nitrogen and oxygen atoms in total. The summed E-state index contributed by atoms with van der Waals surface area (Å²) in [7, 11) is 2.94. The summed E-state index contributed by atoms with van der Waals surface area (Å²) >= 11 is 1.21. The van der Waals surface area contributed by atoms with E-state index in [0.29, 0.717) is 21.4 Å². The molecule has 0 aromatic carbocycles. The van der Waals surface area contributed by atoms with Crippen LogP contribution in [0.4, 0.5) is 5.13 Å². The number of aromatic nitrogens is 3. The summed E-state index contributed by atoms with van der Waals surface area (Å²) < 4.78 is 10.7. The number of nitrogens with one attached hydrogen (secondary N) is 1. The van der Waals surface area contributed by atoms with Gasteiger partial charge in [-0.05, 0) is 6.08 Å². The molecule has 0 radical (unpaired) electrons. The second-order valence-electron chi connectivity index (χ2n) is 3.08. The van der Waals surface area contributed by atoms with Gasteiger partial charge in [-0.25, -0.2) is 0 Å². The Bertz CT molecular complexity index is 610. The quantitative estimate of drug-likeness (QED) is 0.837. The van der Waals surface area contributed by atoms with Crippen molar-refractivity contribution in [1.29, 1.82) is 0 Å². The maximum atomic E-state index is 11.2. The molecule has 2 aromatic heterocycles. The zero-order valence-electron chi connectivity index (χ0n) is 9.76. The van der Waals surface area contributed by atoms with E-state index in [1.54, 1.807) is 0 Å². The fraction of sp³-hybridized carbons (Fsp3) is 0.200. The number of fused-ring (bicyclic) bond motifs is 1. The van der Waals surface area contributed by atoms with Crippen molar-refractivity contribution in [3.8, 4) is 11.9 Å². The first-order valence-electron chi connectivity index (χ1n) is 4.88. The number of carbonyl (C=O) groups is 1. The van der Waals surface area contributed by atoms with Gasteiger partial charge in [0.05, 0.1) is 14.2 Å². The third-order valence-corrected chi connectivity index (χ3v) is 2.94. The molecular formula is C10H10N4O3S. The highest BCUT2D eigenvalue weighted by Gasteiger charge is 2.14. The number of ether oxygens (including phenoxy) is 2. The Morgan fingerprint density at radius 3 is 2.72 bits per heavy atom. The van der Waals surface area contributed by atoms with Gasteiger partial charge in [-0.1, -0.05) is 17.9 Å². The van der Waals surface area contributed by atoms with E-state index in [0.717, 1.165) is 6.08 Å². The molecule has 2 heterocycles. The maximum Gasteiger partial charge on any atom is 0.321 e. The molecule has 2 aromatic rings. The number of amides is 1. The normalized spacial score (nSPS) is 10.1. The molecular weight excluding hydrogens is 256 g/mol. The van der Waals surface area contributed by atoms with Crippen molar-refractivity contribution in [2.75, 3.05) is 19.5 Å². The van der Waals surface area contributed by atoms with Crippen molar-refractivity contribution in [1.82, 2.24) is 15.0 Å². The first-order valence-corrected chi connectivity index (χ1v) is 5.69. The predicted octanol–water partition coefficient (Wildman–Crippen LogP) is 1.23. The lowest BCUT2D eigenvalue weighted by Crippen LogP contribution is -2.06. The van der Waals surface area contributed by atoms with Crippen LogP contribution in [0.1, 0.15) is 0 Å². The van der Waals surface area contributed by atoms with Gasteiger partial charge < -0.3 is 9.47 Å². The Morgan fingerprint density at radius 1 is 1.33 bits per heavy atom. The summed E-state index contributed by atoms with van der Waals surface area (Å²) in [6.07, 6.45) is 1.16. The number of methoxy groups -OCH3 is 2. The number of thiazole rings is 1. The lowest BCUT2D eigenvalue weighted by Gasteiger charge is -2.01. The highest BCUT2D eigenvalue weighted by atomic mass is 32.1. The molecule has 0 atom stereocenters. The van der Waals surface area contributed by atoms with E-state index >= 15 is 0 Å². The summed E-state index contributed by atoms with van der Waals surface area (Å²) in [5.41, 5.74) is 0.406. The van der Waals surface area contributed by atoms with Gasteiger partial charge in [-0.3, -0.25) is 10.1 Å². The van der Waals surface area contributed by atoms with Crippen molar-refractivity contribution in [2.24, 2.45) is 0 Å². The molecule has 0 bridgehead atoms. The summed E-state index contributed by atoms with van der Waals surface area (Å²) in [6.45, 7) is 3.36. The molecule has 18 heavy (non-hydrogen) atoms. The fourth-order valence-electron chi connectivity index (χ4n) is 1.22. The summed E-state index contributed by atoms with van der Waals surface area (Å²) in [5, 5.41) is 2.95. The van der Waals surface area contributed by atoms with Crippen molar-refractivity contribution >= 4 is 32.7 Å². The van der Waals surface area contributed by atoms with Crippen LogP contribution in [0.3, 0.4) is 0 Å². The van der Waals surface area contributed by atoms with Gasteiger partial charge in [0.25, 0.3) is 0 Å². The second-order valence-corrected chi connectivity index (χ2v) is 4.08. The maximum absolute atomic E-state index is 11.2. The van der Waals surface area contributed by atoms with Crippen LogP contribution in [0.15, 0.2) is 12.7 Å². The minimum atomic E-state index is -0.340. The lowest BCUT2D eigenvalue weighted by atomic mass is 10.6. The minimum Gasteiger partial charge on any atom is -0.480 e. The van der Waals surface area contributed by atoms with Gasteiger partial charge in [-0.2, -0.15) is 15.0 Å². The van der Waals surface area contributed by atoms with Crippen LogP contribution >= 0.6 is 11.3 Å². The zero-order valence-corrected chi connectivity index (χ0v) is 10.6. The Labute approximate surface area is 106 Å². The average Bonchev–Trinajstić information content (AvgIpc) is 2.79. The van der Waals surface area contributed by atoms with Gasteiger partial charge >= 0.3 is 6.01 Å². The molecule has 0 aliphatic heterocycles. The number of nitrogens with zero attached hydrogens (tertiary/aromatic N) is 3. The SMILES string of the molecule is C=CC(=O)Nc1nc2nc(OC)nc(OC)c2s1.